The highest BCUT2D eigenvalue weighted by Gasteiger charge is 2.09. The summed E-state index contributed by atoms with van der Waals surface area (Å²) in [5, 5.41) is 9.29. The van der Waals surface area contributed by atoms with E-state index in [1.165, 1.54) is 18.2 Å². The minimum Gasteiger partial charge on any atom is -0.504 e. The quantitative estimate of drug-likeness (QED) is 0.767. The van der Waals surface area contributed by atoms with Crippen molar-refractivity contribution in [2.24, 2.45) is 0 Å². The zero-order valence-corrected chi connectivity index (χ0v) is 7.82. The van der Waals surface area contributed by atoms with Gasteiger partial charge in [0.15, 0.2) is 11.5 Å². The fourth-order valence-electron chi connectivity index (χ4n) is 1.14. The number of rotatable bonds is 5. The molecule has 5 heteroatoms. The van der Waals surface area contributed by atoms with Crippen LogP contribution in [0.15, 0.2) is 18.2 Å². The molecule has 0 saturated carbocycles. The van der Waals surface area contributed by atoms with Crippen molar-refractivity contribution in [1.29, 1.82) is 0 Å². The van der Waals surface area contributed by atoms with Gasteiger partial charge in [-0.3, -0.25) is 0 Å². The van der Waals surface area contributed by atoms with E-state index in [1.807, 2.05) is 0 Å². The van der Waals surface area contributed by atoms with Crippen molar-refractivity contribution in [3.05, 3.63) is 23.8 Å². The molecular weight excluding hydrogens is 206 g/mol. The van der Waals surface area contributed by atoms with Crippen LogP contribution in [0.2, 0.25) is 0 Å². The second kappa shape index (κ2) is 5.29. The Morgan fingerprint density at radius 3 is 2.73 bits per heavy atom. The number of hydrogen-bond donors (Lipinski definition) is 1. The summed E-state index contributed by atoms with van der Waals surface area (Å²) < 4.78 is 27.7. The SMILES string of the molecule is O=CCCc1ccc(OC(F)F)c(O)c1. The summed E-state index contributed by atoms with van der Waals surface area (Å²) in [6.45, 7) is -2.96. The molecule has 0 fully saturated rings. The Hall–Kier alpha value is -1.65. The Balaban J connectivity index is 2.73. The van der Waals surface area contributed by atoms with Gasteiger partial charge in [0, 0.05) is 6.42 Å². The number of benzene rings is 1. The number of alkyl halides is 2. The van der Waals surface area contributed by atoms with Crippen LogP contribution in [0.5, 0.6) is 11.5 Å². The molecule has 0 amide bonds. The molecule has 0 aliphatic carbocycles. The first kappa shape index (κ1) is 11.4. The summed E-state index contributed by atoms with van der Waals surface area (Å²) in [5.74, 6) is -0.612. The van der Waals surface area contributed by atoms with Gasteiger partial charge in [-0.2, -0.15) is 8.78 Å². The molecule has 0 aliphatic heterocycles. The molecule has 15 heavy (non-hydrogen) atoms. The first-order valence-electron chi connectivity index (χ1n) is 4.34. The molecule has 1 N–H and O–H groups in total. The van der Waals surface area contributed by atoms with Gasteiger partial charge in [-0.1, -0.05) is 6.07 Å². The minimum absolute atomic E-state index is 0.264. The molecule has 82 valence electrons. The number of carbonyl (C=O) groups is 1. The predicted octanol–water partition coefficient (Wildman–Crippen LogP) is 2.13. The van der Waals surface area contributed by atoms with Crippen LogP contribution in [0.1, 0.15) is 12.0 Å². The lowest BCUT2D eigenvalue weighted by molar-refractivity contribution is -0.107. The number of phenols is 1. The Bertz CT molecular complexity index is 339. The average Bonchev–Trinajstić information content (AvgIpc) is 2.18. The van der Waals surface area contributed by atoms with Crippen molar-refractivity contribution in [3.8, 4) is 11.5 Å². The van der Waals surface area contributed by atoms with Gasteiger partial charge >= 0.3 is 6.61 Å². The van der Waals surface area contributed by atoms with Gasteiger partial charge in [-0.15, -0.1) is 0 Å². The van der Waals surface area contributed by atoms with E-state index in [0.29, 0.717) is 18.4 Å². The number of aromatic hydroxyl groups is 1. The van der Waals surface area contributed by atoms with Crippen LogP contribution >= 0.6 is 0 Å². The van der Waals surface area contributed by atoms with E-state index in [2.05, 4.69) is 4.74 Å². The molecule has 0 saturated heterocycles. The second-order valence-corrected chi connectivity index (χ2v) is 2.89. The van der Waals surface area contributed by atoms with Crippen LogP contribution < -0.4 is 4.74 Å². The van der Waals surface area contributed by atoms with Crippen LogP contribution in [-0.2, 0) is 11.2 Å². The van der Waals surface area contributed by atoms with Gasteiger partial charge in [0.1, 0.15) is 6.29 Å². The van der Waals surface area contributed by atoms with Crippen LogP contribution in [0.25, 0.3) is 0 Å². The Morgan fingerprint density at radius 1 is 1.47 bits per heavy atom. The van der Waals surface area contributed by atoms with Crippen molar-refractivity contribution in [3.63, 3.8) is 0 Å². The van der Waals surface area contributed by atoms with E-state index >= 15 is 0 Å². The van der Waals surface area contributed by atoms with Crippen molar-refractivity contribution in [2.75, 3.05) is 0 Å². The van der Waals surface area contributed by atoms with Gasteiger partial charge in [0.05, 0.1) is 0 Å². The van der Waals surface area contributed by atoms with Gasteiger partial charge < -0.3 is 14.6 Å². The van der Waals surface area contributed by atoms with Gasteiger partial charge in [0.2, 0.25) is 0 Å². The monoisotopic (exact) mass is 216 g/mol. The van der Waals surface area contributed by atoms with Gasteiger partial charge in [0.25, 0.3) is 0 Å². The van der Waals surface area contributed by atoms with E-state index in [0.717, 1.165) is 6.29 Å². The molecule has 0 radical (unpaired) electrons. The molecule has 0 aliphatic rings. The molecule has 0 atom stereocenters. The minimum atomic E-state index is -2.96. The number of hydrogen-bond acceptors (Lipinski definition) is 3. The van der Waals surface area contributed by atoms with Crippen LogP contribution in [0, 0.1) is 0 Å². The predicted molar refractivity (Wildman–Crippen MR) is 49.1 cm³/mol. The molecule has 1 aromatic rings. The third kappa shape index (κ3) is 3.53. The lowest BCUT2D eigenvalue weighted by Crippen LogP contribution is -2.02. The van der Waals surface area contributed by atoms with Crippen LogP contribution in [-0.4, -0.2) is 18.0 Å². The average molecular weight is 216 g/mol. The maximum absolute atomic E-state index is 11.8. The molecule has 1 rings (SSSR count). The smallest absolute Gasteiger partial charge is 0.387 e. The molecule has 0 spiro atoms. The summed E-state index contributed by atoms with van der Waals surface area (Å²) in [6, 6.07) is 4.09. The van der Waals surface area contributed by atoms with Gasteiger partial charge in [-0.25, -0.2) is 0 Å². The summed E-state index contributed by atoms with van der Waals surface area (Å²) in [7, 11) is 0. The fourth-order valence-corrected chi connectivity index (χ4v) is 1.14. The number of aldehydes is 1. The van der Waals surface area contributed by atoms with E-state index in [1.54, 1.807) is 0 Å². The summed E-state index contributed by atoms with van der Waals surface area (Å²) >= 11 is 0. The molecule has 3 nitrogen and oxygen atoms in total. The number of aryl methyl sites for hydroxylation is 1. The van der Waals surface area contributed by atoms with Crippen molar-refractivity contribution >= 4 is 6.29 Å². The number of carbonyl (C=O) groups excluding carboxylic acids is 1. The van der Waals surface area contributed by atoms with E-state index in [9.17, 15) is 18.7 Å². The van der Waals surface area contributed by atoms with Crippen LogP contribution in [0.3, 0.4) is 0 Å². The maximum Gasteiger partial charge on any atom is 0.387 e. The standard InChI is InChI=1S/C10H10F2O3/c11-10(12)15-9-4-3-7(2-1-5-13)6-8(9)14/h3-6,10,14H,1-2H2. The summed E-state index contributed by atoms with van der Waals surface area (Å²) in [5.41, 5.74) is 0.696. The highest BCUT2D eigenvalue weighted by molar-refractivity contribution is 5.50. The molecule has 0 heterocycles. The van der Waals surface area contributed by atoms with E-state index in [-0.39, 0.29) is 11.5 Å². The third-order valence-electron chi connectivity index (χ3n) is 1.79. The zero-order chi connectivity index (χ0) is 11.3. The first-order valence-corrected chi connectivity index (χ1v) is 4.34. The zero-order valence-electron chi connectivity index (χ0n) is 7.82. The van der Waals surface area contributed by atoms with Crippen molar-refractivity contribution < 1.29 is 23.4 Å². The molecule has 0 aromatic heterocycles. The first-order chi connectivity index (χ1) is 7.13. The molecule has 0 unspecified atom stereocenters. The Labute approximate surface area is 85.3 Å². The van der Waals surface area contributed by atoms with Gasteiger partial charge in [-0.05, 0) is 24.1 Å². The second-order valence-electron chi connectivity index (χ2n) is 2.89. The number of phenolic OH excluding ortho intramolecular Hbond substituents is 1. The third-order valence-corrected chi connectivity index (χ3v) is 1.79. The summed E-state index contributed by atoms with van der Waals surface area (Å²) in [4.78, 5) is 10.1. The van der Waals surface area contributed by atoms with Crippen molar-refractivity contribution in [1.82, 2.24) is 0 Å². The Kier molecular flexibility index (Phi) is 4.03. The maximum atomic E-state index is 11.8. The lowest BCUT2D eigenvalue weighted by Gasteiger charge is -2.07. The fraction of sp³-hybridized carbons (Fsp3) is 0.300. The highest BCUT2D eigenvalue weighted by atomic mass is 19.3. The topological polar surface area (TPSA) is 46.5 Å². The molecule has 1 aromatic carbocycles. The Morgan fingerprint density at radius 2 is 2.20 bits per heavy atom. The van der Waals surface area contributed by atoms with E-state index < -0.39 is 6.61 Å². The largest absolute Gasteiger partial charge is 0.504 e. The molecule has 0 bridgehead atoms. The highest BCUT2D eigenvalue weighted by Crippen LogP contribution is 2.28. The van der Waals surface area contributed by atoms with E-state index in [4.69, 9.17) is 0 Å². The summed E-state index contributed by atoms with van der Waals surface area (Å²) in [6.07, 6.45) is 1.54. The normalized spacial score (nSPS) is 10.3. The molecular formula is C10H10F2O3. The number of ether oxygens (including phenoxy) is 1. The number of halogens is 2. The van der Waals surface area contributed by atoms with Crippen LogP contribution in [0.4, 0.5) is 8.78 Å². The van der Waals surface area contributed by atoms with Crippen molar-refractivity contribution in [2.45, 2.75) is 19.5 Å². The lowest BCUT2D eigenvalue weighted by atomic mass is 10.1.